The molecule has 23 heavy (non-hydrogen) atoms. The minimum absolute atomic E-state index is 0.350. The molecule has 1 aromatic heterocycles. The first-order chi connectivity index (χ1) is 11.3. The minimum Gasteiger partial charge on any atom is -0.492 e. The number of aryl methyl sites for hydroxylation is 1. The average Bonchev–Trinajstić information content (AvgIpc) is 3.20. The highest BCUT2D eigenvalue weighted by atomic mass is 16.5. The van der Waals surface area contributed by atoms with Crippen LogP contribution in [0.1, 0.15) is 18.4 Å². The smallest absolute Gasteiger partial charge is 0.119 e. The van der Waals surface area contributed by atoms with Gasteiger partial charge in [-0.15, -0.1) is 0 Å². The molecule has 1 aliphatic heterocycles. The van der Waals surface area contributed by atoms with Crippen LogP contribution in [0.5, 0.6) is 5.75 Å². The van der Waals surface area contributed by atoms with E-state index in [9.17, 15) is 0 Å². The average molecular weight is 315 g/mol. The van der Waals surface area contributed by atoms with Crippen molar-refractivity contribution in [2.75, 3.05) is 26.3 Å². The predicted molar refractivity (Wildman–Crippen MR) is 89.4 cm³/mol. The molecule has 1 aliphatic rings. The number of nitrogens with zero attached hydrogens (tertiary/aromatic N) is 3. The second-order valence-corrected chi connectivity index (χ2v) is 6.05. The summed E-state index contributed by atoms with van der Waals surface area (Å²) in [6.45, 7) is 4.28. The summed E-state index contributed by atoms with van der Waals surface area (Å²) in [5, 5.41) is 4.26. The third-order valence-electron chi connectivity index (χ3n) is 4.07. The number of hydrogen-bond donors (Lipinski definition) is 0. The highest BCUT2D eigenvalue weighted by Gasteiger charge is 2.19. The van der Waals surface area contributed by atoms with Gasteiger partial charge in [-0.25, -0.2) is 0 Å². The zero-order chi connectivity index (χ0) is 15.9. The highest BCUT2D eigenvalue weighted by Crippen LogP contribution is 2.15. The molecule has 0 N–H and O–H groups in total. The zero-order valence-electron chi connectivity index (χ0n) is 13.7. The van der Waals surface area contributed by atoms with Crippen LogP contribution in [0.25, 0.3) is 0 Å². The van der Waals surface area contributed by atoms with Gasteiger partial charge in [-0.2, -0.15) is 5.10 Å². The molecule has 2 heterocycles. The maximum absolute atomic E-state index is 5.84. The second-order valence-electron chi connectivity index (χ2n) is 6.05. The Morgan fingerprint density at radius 3 is 2.91 bits per heavy atom. The minimum atomic E-state index is 0.350. The van der Waals surface area contributed by atoms with Gasteiger partial charge in [0.15, 0.2) is 0 Å². The summed E-state index contributed by atoms with van der Waals surface area (Å²) in [5.74, 6) is 0.922. The molecule has 1 atom stereocenters. The van der Waals surface area contributed by atoms with Crippen molar-refractivity contribution in [2.45, 2.75) is 25.5 Å². The van der Waals surface area contributed by atoms with E-state index < -0.39 is 0 Å². The van der Waals surface area contributed by atoms with Crippen molar-refractivity contribution in [1.29, 1.82) is 0 Å². The summed E-state index contributed by atoms with van der Waals surface area (Å²) in [5.41, 5.74) is 1.23. The van der Waals surface area contributed by atoms with Gasteiger partial charge in [0.2, 0.25) is 0 Å². The van der Waals surface area contributed by atoms with Gasteiger partial charge in [-0.05, 0) is 25.0 Å². The Hall–Kier alpha value is -1.85. The van der Waals surface area contributed by atoms with Crippen LogP contribution in [0.4, 0.5) is 0 Å². The number of hydrogen-bond acceptors (Lipinski definition) is 4. The van der Waals surface area contributed by atoms with Crippen molar-refractivity contribution in [3.05, 3.63) is 48.3 Å². The first-order valence-electron chi connectivity index (χ1n) is 8.29. The molecule has 124 valence electrons. The maximum Gasteiger partial charge on any atom is 0.119 e. The molecular formula is C18H25N3O2. The lowest BCUT2D eigenvalue weighted by molar-refractivity contribution is 0.0654. The van der Waals surface area contributed by atoms with E-state index in [1.54, 1.807) is 0 Å². The molecule has 1 saturated heterocycles. The van der Waals surface area contributed by atoms with Crippen molar-refractivity contribution < 1.29 is 9.47 Å². The van der Waals surface area contributed by atoms with Gasteiger partial charge < -0.3 is 9.47 Å². The summed E-state index contributed by atoms with van der Waals surface area (Å²) < 4.78 is 13.5. The fourth-order valence-electron chi connectivity index (χ4n) is 2.93. The molecule has 0 aliphatic carbocycles. The maximum atomic E-state index is 5.84. The Labute approximate surface area is 137 Å². The van der Waals surface area contributed by atoms with Gasteiger partial charge >= 0.3 is 0 Å². The monoisotopic (exact) mass is 315 g/mol. The van der Waals surface area contributed by atoms with Crippen molar-refractivity contribution >= 4 is 0 Å². The van der Waals surface area contributed by atoms with Crippen LogP contribution in [0, 0.1) is 0 Å². The van der Waals surface area contributed by atoms with E-state index in [0.717, 1.165) is 38.4 Å². The highest BCUT2D eigenvalue weighted by molar-refractivity contribution is 5.20. The summed E-state index contributed by atoms with van der Waals surface area (Å²) in [6, 6.07) is 9.97. The van der Waals surface area contributed by atoms with Crippen molar-refractivity contribution in [1.82, 2.24) is 14.7 Å². The quantitative estimate of drug-likeness (QED) is 0.750. The Bertz CT molecular complexity index is 579. The molecule has 1 unspecified atom stereocenters. The van der Waals surface area contributed by atoms with Crippen LogP contribution in [0.15, 0.2) is 42.7 Å². The molecule has 0 bridgehead atoms. The summed E-state index contributed by atoms with van der Waals surface area (Å²) in [7, 11) is 1.95. The normalized spacial score (nSPS) is 17.7. The zero-order valence-corrected chi connectivity index (χ0v) is 13.7. The SMILES string of the molecule is Cn1cc(CN(CCOc2ccccc2)CC2CCCO2)cn1. The lowest BCUT2D eigenvalue weighted by Crippen LogP contribution is -2.34. The molecular weight excluding hydrogens is 290 g/mol. The van der Waals surface area contributed by atoms with Gasteiger partial charge in [0, 0.05) is 45.0 Å². The van der Waals surface area contributed by atoms with Gasteiger partial charge in [0.1, 0.15) is 12.4 Å². The largest absolute Gasteiger partial charge is 0.492 e. The van der Waals surface area contributed by atoms with Crippen molar-refractivity contribution in [2.24, 2.45) is 7.05 Å². The molecule has 1 fully saturated rings. The number of ether oxygens (including phenoxy) is 2. The van der Waals surface area contributed by atoms with Gasteiger partial charge in [-0.1, -0.05) is 18.2 Å². The molecule has 0 amide bonds. The molecule has 2 aromatic rings. The van der Waals surface area contributed by atoms with E-state index in [0.29, 0.717) is 12.7 Å². The summed E-state index contributed by atoms with van der Waals surface area (Å²) in [4.78, 5) is 2.40. The van der Waals surface area contributed by atoms with Crippen LogP contribution in [0.3, 0.4) is 0 Å². The molecule has 5 heteroatoms. The van der Waals surface area contributed by atoms with E-state index in [-0.39, 0.29) is 0 Å². The Morgan fingerprint density at radius 2 is 2.22 bits per heavy atom. The van der Waals surface area contributed by atoms with Gasteiger partial charge in [-0.3, -0.25) is 9.58 Å². The number of benzene rings is 1. The molecule has 0 saturated carbocycles. The second kappa shape index (κ2) is 8.13. The molecule has 5 nitrogen and oxygen atoms in total. The van der Waals surface area contributed by atoms with Crippen LogP contribution in [-0.4, -0.2) is 47.1 Å². The van der Waals surface area contributed by atoms with Crippen LogP contribution < -0.4 is 4.74 Å². The lowest BCUT2D eigenvalue weighted by Gasteiger charge is -2.24. The molecule has 1 aromatic carbocycles. The molecule has 0 spiro atoms. The van der Waals surface area contributed by atoms with E-state index in [2.05, 4.69) is 16.2 Å². The first kappa shape index (κ1) is 16.0. The topological polar surface area (TPSA) is 39.5 Å². The Kier molecular flexibility index (Phi) is 5.66. The summed E-state index contributed by atoms with van der Waals surface area (Å²) >= 11 is 0. The van der Waals surface area contributed by atoms with E-state index >= 15 is 0 Å². The fraction of sp³-hybridized carbons (Fsp3) is 0.500. The Morgan fingerprint density at radius 1 is 1.35 bits per heavy atom. The lowest BCUT2D eigenvalue weighted by atomic mass is 10.2. The fourth-order valence-corrected chi connectivity index (χ4v) is 2.93. The molecule has 0 radical (unpaired) electrons. The molecule has 3 rings (SSSR count). The van der Waals surface area contributed by atoms with Crippen molar-refractivity contribution in [3.8, 4) is 5.75 Å². The number of aromatic nitrogens is 2. The number of rotatable bonds is 8. The van der Waals surface area contributed by atoms with Gasteiger partial charge in [0.25, 0.3) is 0 Å². The number of para-hydroxylation sites is 1. The van der Waals surface area contributed by atoms with Crippen LogP contribution >= 0.6 is 0 Å². The van der Waals surface area contributed by atoms with E-state index in [4.69, 9.17) is 9.47 Å². The van der Waals surface area contributed by atoms with E-state index in [1.165, 1.54) is 12.0 Å². The summed E-state index contributed by atoms with van der Waals surface area (Å²) in [6.07, 6.45) is 6.68. The van der Waals surface area contributed by atoms with E-state index in [1.807, 2.05) is 48.3 Å². The van der Waals surface area contributed by atoms with Crippen molar-refractivity contribution in [3.63, 3.8) is 0 Å². The standard InChI is InChI=1S/C18H25N3O2/c1-20-13-16(12-19-20)14-21(15-18-8-5-10-22-18)9-11-23-17-6-3-2-4-7-17/h2-4,6-7,12-13,18H,5,8-11,14-15H2,1H3. The predicted octanol–water partition coefficient (Wildman–Crippen LogP) is 2.48. The Balaban J connectivity index is 1.53. The third kappa shape index (κ3) is 5.08. The van der Waals surface area contributed by atoms with Crippen LogP contribution in [-0.2, 0) is 18.3 Å². The third-order valence-corrected chi connectivity index (χ3v) is 4.07. The van der Waals surface area contributed by atoms with Crippen LogP contribution in [0.2, 0.25) is 0 Å². The van der Waals surface area contributed by atoms with Gasteiger partial charge in [0.05, 0.1) is 12.3 Å². The first-order valence-corrected chi connectivity index (χ1v) is 8.29.